The van der Waals surface area contributed by atoms with Crippen molar-refractivity contribution in [1.29, 1.82) is 0 Å². The molecule has 1 aliphatic rings. The summed E-state index contributed by atoms with van der Waals surface area (Å²) in [6, 6.07) is 7.18. The zero-order valence-electron chi connectivity index (χ0n) is 15.4. The molecule has 5 rings (SSSR count). The van der Waals surface area contributed by atoms with Crippen molar-refractivity contribution in [3.05, 3.63) is 70.7 Å². The molecule has 4 aromatic rings. The molecule has 148 valence electrons. The van der Waals surface area contributed by atoms with Crippen LogP contribution in [0.4, 0.5) is 0 Å². The first-order valence-electron chi connectivity index (χ1n) is 9.14. The molecule has 29 heavy (non-hydrogen) atoms. The molecule has 5 heterocycles. The van der Waals surface area contributed by atoms with E-state index in [0.717, 1.165) is 16.9 Å². The molecule has 2 N–H and O–H groups in total. The Labute approximate surface area is 169 Å². The van der Waals surface area contributed by atoms with Crippen LogP contribution in [0.15, 0.2) is 41.2 Å². The second-order valence-corrected chi connectivity index (χ2v) is 7.26. The molecule has 0 spiro atoms. The number of oxazole rings is 1. The summed E-state index contributed by atoms with van der Waals surface area (Å²) in [6.07, 6.45) is 3.11. The van der Waals surface area contributed by atoms with Gasteiger partial charge in [0.05, 0.1) is 23.2 Å². The molecule has 4 aromatic heterocycles. The smallest absolute Gasteiger partial charge is 0.293 e. The van der Waals surface area contributed by atoms with E-state index in [4.69, 9.17) is 16.0 Å². The number of carbonyl (C=O) groups is 1. The Kier molecular flexibility index (Phi) is 4.14. The molecule has 0 saturated heterocycles. The number of nitrogens with one attached hydrogen (secondary N) is 1. The van der Waals surface area contributed by atoms with Gasteiger partial charge in [-0.05, 0) is 25.1 Å². The zero-order chi connectivity index (χ0) is 20.1. The summed E-state index contributed by atoms with van der Waals surface area (Å²) in [5.74, 6) is -0.527. The number of aromatic nitrogens is 5. The standard InChI is InChI=1S/C19H17ClN6O3/c1-10(27)18-23-17(20)16(29-18)19(28)25-7-5-12-14(22-9-21-12)15(25)13-8-11-4-2-3-6-26(11)24-13/h2-4,6,8-10,15,27H,5,7H2,1H3,(H,21,22)/t10-,15+/m0/s1. The molecule has 0 aromatic carbocycles. The van der Waals surface area contributed by atoms with E-state index in [1.807, 2.05) is 30.5 Å². The third-order valence-electron chi connectivity index (χ3n) is 5.01. The van der Waals surface area contributed by atoms with Crippen molar-refractivity contribution in [2.24, 2.45) is 0 Å². The summed E-state index contributed by atoms with van der Waals surface area (Å²) in [6.45, 7) is 1.92. The second-order valence-electron chi connectivity index (χ2n) is 6.90. The fourth-order valence-corrected chi connectivity index (χ4v) is 3.85. The quantitative estimate of drug-likeness (QED) is 0.534. The first kappa shape index (κ1) is 17.9. The second kappa shape index (κ2) is 6.71. The van der Waals surface area contributed by atoms with Crippen LogP contribution in [0.2, 0.25) is 5.15 Å². The van der Waals surface area contributed by atoms with Gasteiger partial charge in [-0.2, -0.15) is 10.1 Å². The number of halogens is 1. The maximum Gasteiger partial charge on any atom is 0.293 e. The molecular weight excluding hydrogens is 396 g/mol. The van der Waals surface area contributed by atoms with Crippen molar-refractivity contribution in [2.45, 2.75) is 25.5 Å². The van der Waals surface area contributed by atoms with Gasteiger partial charge in [-0.25, -0.2) is 9.50 Å². The molecule has 0 saturated carbocycles. The molecule has 0 bridgehead atoms. The highest BCUT2D eigenvalue weighted by atomic mass is 35.5. The van der Waals surface area contributed by atoms with E-state index >= 15 is 0 Å². The van der Waals surface area contributed by atoms with E-state index < -0.39 is 18.1 Å². The molecule has 0 fully saturated rings. The van der Waals surface area contributed by atoms with Gasteiger partial charge in [0.2, 0.25) is 11.7 Å². The predicted molar refractivity (Wildman–Crippen MR) is 103 cm³/mol. The first-order chi connectivity index (χ1) is 14.0. The van der Waals surface area contributed by atoms with E-state index in [1.165, 1.54) is 6.92 Å². The number of hydrogen-bond donors (Lipinski definition) is 2. The van der Waals surface area contributed by atoms with Crippen molar-refractivity contribution in [3.8, 4) is 0 Å². The Bertz CT molecular complexity index is 1180. The van der Waals surface area contributed by atoms with Crippen molar-refractivity contribution < 1.29 is 14.3 Å². The van der Waals surface area contributed by atoms with Crippen LogP contribution in [-0.2, 0) is 6.42 Å². The number of aliphatic hydroxyl groups is 1. The van der Waals surface area contributed by atoms with E-state index in [0.29, 0.717) is 18.7 Å². The predicted octanol–water partition coefficient (Wildman–Crippen LogP) is 2.54. The highest BCUT2D eigenvalue weighted by molar-refractivity contribution is 6.32. The number of nitrogens with zero attached hydrogens (tertiary/aromatic N) is 5. The molecular formula is C19H17ClN6O3. The van der Waals surface area contributed by atoms with E-state index in [9.17, 15) is 9.90 Å². The molecule has 2 atom stereocenters. The van der Waals surface area contributed by atoms with Crippen LogP contribution in [0.3, 0.4) is 0 Å². The molecule has 1 aliphatic heterocycles. The topological polar surface area (TPSA) is 113 Å². The fraction of sp³-hybridized carbons (Fsp3) is 0.263. The number of pyridine rings is 1. The molecule has 0 unspecified atom stereocenters. The van der Waals surface area contributed by atoms with Crippen molar-refractivity contribution in [3.63, 3.8) is 0 Å². The molecule has 9 nitrogen and oxygen atoms in total. The minimum Gasteiger partial charge on any atom is -0.431 e. The van der Waals surface area contributed by atoms with Crippen LogP contribution < -0.4 is 0 Å². The number of imidazole rings is 1. The lowest BCUT2D eigenvalue weighted by atomic mass is 9.99. The number of fused-ring (bicyclic) bond motifs is 2. The van der Waals surface area contributed by atoms with Crippen LogP contribution >= 0.6 is 11.6 Å². The Morgan fingerprint density at radius 3 is 3.07 bits per heavy atom. The lowest BCUT2D eigenvalue weighted by molar-refractivity contribution is 0.0645. The largest absolute Gasteiger partial charge is 0.431 e. The Balaban J connectivity index is 1.60. The lowest BCUT2D eigenvalue weighted by Gasteiger charge is -2.33. The highest BCUT2D eigenvalue weighted by Gasteiger charge is 2.38. The van der Waals surface area contributed by atoms with Gasteiger partial charge < -0.3 is 19.4 Å². The summed E-state index contributed by atoms with van der Waals surface area (Å²) < 4.78 is 7.22. The number of carbonyl (C=O) groups excluding carboxylic acids is 1. The van der Waals surface area contributed by atoms with Gasteiger partial charge in [-0.3, -0.25) is 4.79 Å². The van der Waals surface area contributed by atoms with Gasteiger partial charge in [0.25, 0.3) is 5.91 Å². The summed E-state index contributed by atoms with van der Waals surface area (Å²) in [4.78, 5) is 26.5. The molecule has 0 aliphatic carbocycles. The van der Waals surface area contributed by atoms with Crippen LogP contribution in [0.25, 0.3) is 5.52 Å². The zero-order valence-corrected chi connectivity index (χ0v) is 16.2. The Morgan fingerprint density at radius 1 is 1.45 bits per heavy atom. The van der Waals surface area contributed by atoms with Crippen LogP contribution in [-0.4, -0.2) is 47.0 Å². The normalized spacial score (nSPS) is 17.5. The van der Waals surface area contributed by atoms with Crippen LogP contribution in [0.1, 0.15) is 52.6 Å². The van der Waals surface area contributed by atoms with Crippen molar-refractivity contribution >= 4 is 23.0 Å². The highest BCUT2D eigenvalue weighted by Crippen LogP contribution is 2.35. The van der Waals surface area contributed by atoms with Gasteiger partial charge in [-0.1, -0.05) is 17.7 Å². The van der Waals surface area contributed by atoms with Gasteiger partial charge >= 0.3 is 0 Å². The number of H-pyrrole nitrogens is 1. The minimum absolute atomic E-state index is 0.0000908. The van der Waals surface area contributed by atoms with E-state index in [2.05, 4.69) is 20.1 Å². The first-order valence-corrected chi connectivity index (χ1v) is 9.52. The third kappa shape index (κ3) is 2.90. The SMILES string of the molecule is C[C@H](O)c1nc(Cl)c(C(=O)N2CCc3[nH]cnc3[C@H]2c2cc3ccccn3n2)o1. The molecule has 1 amide bonds. The number of amides is 1. The Morgan fingerprint density at radius 2 is 2.31 bits per heavy atom. The van der Waals surface area contributed by atoms with Crippen LogP contribution in [0.5, 0.6) is 0 Å². The summed E-state index contributed by atoms with van der Waals surface area (Å²) in [5, 5.41) is 14.3. The Hall–Kier alpha value is -3.17. The molecule has 10 heteroatoms. The molecule has 0 radical (unpaired) electrons. The van der Waals surface area contributed by atoms with Crippen molar-refractivity contribution in [2.75, 3.05) is 6.54 Å². The monoisotopic (exact) mass is 412 g/mol. The third-order valence-corrected chi connectivity index (χ3v) is 5.27. The van der Waals surface area contributed by atoms with E-state index in [-0.39, 0.29) is 16.8 Å². The summed E-state index contributed by atoms with van der Waals surface area (Å²) in [5.41, 5.74) is 3.29. The van der Waals surface area contributed by atoms with Gasteiger partial charge in [0.15, 0.2) is 5.15 Å². The maximum atomic E-state index is 13.3. The number of aliphatic hydroxyl groups excluding tert-OH is 1. The number of aromatic amines is 1. The minimum atomic E-state index is -0.970. The van der Waals surface area contributed by atoms with Crippen LogP contribution in [0, 0.1) is 0 Å². The average molecular weight is 413 g/mol. The number of rotatable bonds is 3. The van der Waals surface area contributed by atoms with Crippen molar-refractivity contribution in [1.82, 2.24) is 29.5 Å². The fourth-order valence-electron chi connectivity index (χ4n) is 3.64. The lowest BCUT2D eigenvalue weighted by Crippen LogP contribution is -2.41. The van der Waals surface area contributed by atoms with Gasteiger partial charge in [0, 0.05) is 24.9 Å². The summed E-state index contributed by atoms with van der Waals surface area (Å²) >= 11 is 6.14. The average Bonchev–Trinajstić information content (AvgIpc) is 3.43. The van der Waals surface area contributed by atoms with Gasteiger partial charge in [-0.15, -0.1) is 0 Å². The maximum absolute atomic E-state index is 13.3. The number of hydrogen-bond acceptors (Lipinski definition) is 6. The van der Waals surface area contributed by atoms with Gasteiger partial charge in [0.1, 0.15) is 12.1 Å². The summed E-state index contributed by atoms with van der Waals surface area (Å²) in [7, 11) is 0. The van der Waals surface area contributed by atoms with E-state index in [1.54, 1.807) is 15.7 Å².